The molecule has 0 saturated carbocycles. The molecule has 2 aliphatic rings. The van der Waals surface area contributed by atoms with Gasteiger partial charge in [0.1, 0.15) is 0 Å². The van der Waals surface area contributed by atoms with Crippen LogP contribution in [0.3, 0.4) is 0 Å². The maximum absolute atomic E-state index is 4.05. The van der Waals surface area contributed by atoms with Crippen molar-refractivity contribution in [3.05, 3.63) is 12.3 Å². The summed E-state index contributed by atoms with van der Waals surface area (Å²) in [6, 6.07) is 2.20. The first-order chi connectivity index (χ1) is 6.18. The summed E-state index contributed by atoms with van der Waals surface area (Å²) in [5.74, 6) is 0. The third kappa shape index (κ3) is 1.60. The molecule has 2 fully saturated rings. The van der Waals surface area contributed by atoms with Crippen LogP contribution in [-0.2, 0) is 0 Å². The number of nitrogens with zero attached hydrogens (tertiary/aromatic N) is 1. The van der Waals surface area contributed by atoms with Gasteiger partial charge in [-0.2, -0.15) is 0 Å². The summed E-state index contributed by atoms with van der Waals surface area (Å²) in [7, 11) is 0. The Morgan fingerprint density at radius 2 is 2.08 bits per heavy atom. The molecule has 0 aliphatic carbocycles. The van der Waals surface area contributed by atoms with E-state index in [1.807, 2.05) is 0 Å². The van der Waals surface area contributed by atoms with Gasteiger partial charge in [0.15, 0.2) is 0 Å². The Morgan fingerprint density at radius 3 is 2.77 bits per heavy atom. The molecule has 2 unspecified atom stereocenters. The summed E-state index contributed by atoms with van der Waals surface area (Å²) in [5, 5.41) is 3.42. The van der Waals surface area contributed by atoms with Gasteiger partial charge in [0, 0.05) is 36.8 Å². The van der Waals surface area contributed by atoms with Gasteiger partial charge in [-0.15, -0.1) is 0 Å². The number of rotatable bonds is 1. The van der Waals surface area contributed by atoms with E-state index in [0.717, 1.165) is 25.0 Å². The lowest BCUT2D eigenvalue weighted by Crippen LogP contribution is -2.42. The SMILES string of the molecule is C=C1CC2CCC(CN1)N2C(C)C. The van der Waals surface area contributed by atoms with Crippen LogP contribution in [0.4, 0.5) is 0 Å². The van der Waals surface area contributed by atoms with Crippen molar-refractivity contribution in [2.45, 2.75) is 51.2 Å². The molecular weight excluding hydrogens is 160 g/mol. The molecule has 2 nitrogen and oxygen atoms in total. The molecule has 74 valence electrons. The Labute approximate surface area is 81.0 Å². The summed E-state index contributed by atoms with van der Waals surface area (Å²) >= 11 is 0. The quantitative estimate of drug-likeness (QED) is 0.661. The van der Waals surface area contributed by atoms with Gasteiger partial charge in [0.25, 0.3) is 0 Å². The summed E-state index contributed by atoms with van der Waals surface area (Å²) in [5.41, 5.74) is 1.23. The molecule has 2 bridgehead atoms. The standard InChI is InChI=1S/C11H20N2/c1-8(2)13-10-4-5-11(13)7-12-9(3)6-10/h8,10-12H,3-7H2,1-2H3. The van der Waals surface area contributed by atoms with Crippen LogP contribution in [0.1, 0.15) is 33.1 Å². The van der Waals surface area contributed by atoms with Gasteiger partial charge >= 0.3 is 0 Å². The van der Waals surface area contributed by atoms with Crippen molar-refractivity contribution in [3.8, 4) is 0 Å². The zero-order valence-corrected chi connectivity index (χ0v) is 8.71. The van der Waals surface area contributed by atoms with E-state index in [1.165, 1.54) is 18.5 Å². The van der Waals surface area contributed by atoms with Crippen molar-refractivity contribution >= 4 is 0 Å². The van der Waals surface area contributed by atoms with E-state index in [-0.39, 0.29) is 0 Å². The largest absolute Gasteiger partial charge is 0.387 e. The number of hydrogen-bond acceptors (Lipinski definition) is 2. The molecule has 0 spiro atoms. The van der Waals surface area contributed by atoms with Crippen LogP contribution >= 0.6 is 0 Å². The molecule has 0 aromatic heterocycles. The molecule has 0 radical (unpaired) electrons. The van der Waals surface area contributed by atoms with Gasteiger partial charge in [0.05, 0.1) is 0 Å². The second-order valence-corrected chi connectivity index (χ2v) is 4.61. The average Bonchev–Trinajstić information content (AvgIpc) is 2.34. The number of fused-ring (bicyclic) bond motifs is 2. The van der Waals surface area contributed by atoms with E-state index < -0.39 is 0 Å². The van der Waals surface area contributed by atoms with Crippen molar-refractivity contribution in [3.63, 3.8) is 0 Å². The Hall–Kier alpha value is -0.500. The minimum absolute atomic E-state index is 0.685. The summed E-state index contributed by atoms with van der Waals surface area (Å²) in [4.78, 5) is 2.67. The number of hydrogen-bond donors (Lipinski definition) is 1. The molecule has 0 aromatic carbocycles. The molecule has 1 N–H and O–H groups in total. The summed E-state index contributed by atoms with van der Waals surface area (Å²) in [6.45, 7) is 9.76. The smallest absolute Gasteiger partial charge is 0.0300 e. The monoisotopic (exact) mass is 180 g/mol. The van der Waals surface area contributed by atoms with E-state index in [1.54, 1.807) is 0 Å². The van der Waals surface area contributed by atoms with E-state index in [9.17, 15) is 0 Å². The molecule has 2 rings (SSSR count). The summed E-state index contributed by atoms with van der Waals surface area (Å²) in [6.07, 6.45) is 3.88. The zero-order valence-electron chi connectivity index (χ0n) is 8.71. The Balaban J connectivity index is 2.15. The minimum Gasteiger partial charge on any atom is -0.387 e. The van der Waals surface area contributed by atoms with Crippen LogP contribution in [0.25, 0.3) is 0 Å². The minimum atomic E-state index is 0.685. The molecule has 0 aromatic rings. The van der Waals surface area contributed by atoms with Crippen LogP contribution in [0.15, 0.2) is 12.3 Å². The summed E-state index contributed by atoms with van der Waals surface area (Å²) < 4.78 is 0. The molecule has 2 heteroatoms. The van der Waals surface area contributed by atoms with Gasteiger partial charge in [-0.1, -0.05) is 6.58 Å². The third-order valence-electron chi connectivity index (χ3n) is 3.34. The van der Waals surface area contributed by atoms with Crippen LogP contribution in [-0.4, -0.2) is 29.6 Å². The van der Waals surface area contributed by atoms with Gasteiger partial charge < -0.3 is 5.32 Å². The predicted molar refractivity (Wildman–Crippen MR) is 55.5 cm³/mol. The Bertz CT molecular complexity index is 210. The fourth-order valence-corrected chi connectivity index (χ4v) is 2.86. The average molecular weight is 180 g/mol. The molecular formula is C11H20N2. The maximum atomic E-state index is 4.05. The fourth-order valence-electron chi connectivity index (χ4n) is 2.86. The van der Waals surface area contributed by atoms with E-state index in [0.29, 0.717) is 6.04 Å². The second kappa shape index (κ2) is 3.33. The lowest BCUT2D eigenvalue weighted by atomic mass is 10.1. The van der Waals surface area contributed by atoms with Gasteiger partial charge in [-0.3, -0.25) is 4.90 Å². The molecule has 0 amide bonds. The highest BCUT2D eigenvalue weighted by molar-refractivity contribution is 5.05. The molecule has 2 atom stereocenters. The first kappa shape index (κ1) is 9.07. The van der Waals surface area contributed by atoms with E-state index in [4.69, 9.17) is 0 Å². The first-order valence-electron chi connectivity index (χ1n) is 5.37. The predicted octanol–water partition coefficient (Wildman–Crippen LogP) is 1.73. The highest BCUT2D eigenvalue weighted by Crippen LogP contribution is 2.31. The molecule has 13 heavy (non-hydrogen) atoms. The topological polar surface area (TPSA) is 15.3 Å². The number of nitrogens with one attached hydrogen (secondary N) is 1. The Morgan fingerprint density at radius 1 is 1.38 bits per heavy atom. The second-order valence-electron chi connectivity index (χ2n) is 4.61. The lowest BCUT2D eigenvalue weighted by Gasteiger charge is -2.31. The van der Waals surface area contributed by atoms with Crippen LogP contribution < -0.4 is 5.32 Å². The zero-order chi connectivity index (χ0) is 9.42. The van der Waals surface area contributed by atoms with Crippen molar-refractivity contribution < 1.29 is 0 Å². The third-order valence-corrected chi connectivity index (χ3v) is 3.34. The van der Waals surface area contributed by atoms with E-state index >= 15 is 0 Å². The first-order valence-corrected chi connectivity index (χ1v) is 5.37. The highest BCUT2D eigenvalue weighted by atomic mass is 15.3. The van der Waals surface area contributed by atoms with Crippen molar-refractivity contribution in [1.82, 2.24) is 10.2 Å². The molecule has 2 saturated heterocycles. The van der Waals surface area contributed by atoms with Crippen LogP contribution in [0.2, 0.25) is 0 Å². The van der Waals surface area contributed by atoms with Crippen LogP contribution in [0.5, 0.6) is 0 Å². The normalized spacial score (nSPS) is 34.8. The van der Waals surface area contributed by atoms with Crippen molar-refractivity contribution in [2.24, 2.45) is 0 Å². The van der Waals surface area contributed by atoms with E-state index in [2.05, 4.69) is 30.6 Å². The van der Waals surface area contributed by atoms with Crippen molar-refractivity contribution in [1.29, 1.82) is 0 Å². The lowest BCUT2D eigenvalue weighted by molar-refractivity contribution is 0.158. The fraction of sp³-hybridized carbons (Fsp3) is 0.818. The van der Waals surface area contributed by atoms with Crippen LogP contribution in [0, 0.1) is 0 Å². The van der Waals surface area contributed by atoms with Gasteiger partial charge in [-0.05, 0) is 26.7 Å². The van der Waals surface area contributed by atoms with Crippen molar-refractivity contribution in [2.75, 3.05) is 6.54 Å². The highest BCUT2D eigenvalue weighted by Gasteiger charge is 2.36. The molecule has 2 heterocycles. The van der Waals surface area contributed by atoms with Gasteiger partial charge in [0.2, 0.25) is 0 Å². The van der Waals surface area contributed by atoms with Gasteiger partial charge in [-0.25, -0.2) is 0 Å². The molecule has 2 aliphatic heterocycles. The maximum Gasteiger partial charge on any atom is 0.0300 e. The Kier molecular flexibility index (Phi) is 2.33.